The summed E-state index contributed by atoms with van der Waals surface area (Å²) in [6.07, 6.45) is 2.57. The van der Waals surface area contributed by atoms with Gasteiger partial charge in [0, 0.05) is 16.9 Å². The summed E-state index contributed by atoms with van der Waals surface area (Å²) in [5.74, 6) is -1.23. The number of halogens is 1. The normalized spacial score (nSPS) is 10.3. The fraction of sp³-hybridized carbons (Fsp3) is 0.0526. The lowest BCUT2D eigenvalue weighted by Crippen LogP contribution is -2.16. The molecule has 8 heteroatoms. The highest BCUT2D eigenvalue weighted by atomic mass is 19.1. The van der Waals surface area contributed by atoms with E-state index in [4.69, 9.17) is 20.8 Å². The Morgan fingerprint density at radius 1 is 1.37 bits per heavy atom. The van der Waals surface area contributed by atoms with E-state index in [1.807, 2.05) is 6.07 Å². The molecule has 2 aromatic carbocycles. The van der Waals surface area contributed by atoms with Crippen LogP contribution in [0.15, 0.2) is 47.3 Å². The number of rotatable bonds is 4. The van der Waals surface area contributed by atoms with Crippen LogP contribution in [0.2, 0.25) is 0 Å². The number of hydrogen-bond donors (Lipinski definition) is 3. The van der Waals surface area contributed by atoms with Crippen LogP contribution in [0, 0.1) is 29.5 Å². The van der Waals surface area contributed by atoms with E-state index in [2.05, 4.69) is 10.3 Å². The van der Waals surface area contributed by atoms with Gasteiger partial charge in [0.25, 0.3) is 5.91 Å². The second-order valence-corrected chi connectivity index (χ2v) is 5.76. The zero-order valence-electron chi connectivity index (χ0n) is 14.2. The van der Waals surface area contributed by atoms with Crippen molar-refractivity contribution < 1.29 is 13.6 Å². The minimum atomic E-state index is -0.783. The zero-order chi connectivity index (χ0) is 19.6. The van der Waals surface area contributed by atoms with Crippen LogP contribution in [0.3, 0.4) is 0 Å². The van der Waals surface area contributed by atoms with Crippen LogP contribution in [0.5, 0.6) is 0 Å². The molecule has 1 heterocycles. The molecule has 0 aliphatic rings. The second kappa shape index (κ2) is 7.09. The average molecular weight is 363 g/mol. The number of benzene rings is 2. The minimum Gasteiger partial charge on any atom is -0.442 e. The lowest BCUT2D eigenvalue weighted by atomic mass is 10.0. The Morgan fingerprint density at radius 3 is 2.78 bits per heavy atom. The number of nitriles is 1. The molecule has 0 saturated carbocycles. The summed E-state index contributed by atoms with van der Waals surface area (Å²) in [4.78, 5) is 16.3. The molecule has 0 saturated heterocycles. The second-order valence-electron chi connectivity index (χ2n) is 5.76. The van der Waals surface area contributed by atoms with E-state index in [9.17, 15) is 9.18 Å². The van der Waals surface area contributed by atoms with Gasteiger partial charge in [0.1, 0.15) is 11.5 Å². The van der Waals surface area contributed by atoms with Gasteiger partial charge in [-0.3, -0.25) is 10.2 Å². The van der Waals surface area contributed by atoms with Crippen molar-refractivity contribution in [3.63, 3.8) is 0 Å². The molecule has 1 amide bonds. The largest absolute Gasteiger partial charge is 0.442 e. The van der Waals surface area contributed by atoms with Gasteiger partial charge >= 0.3 is 0 Å². The number of amides is 1. The Hall–Kier alpha value is -3.99. The van der Waals surface area contributed by atoms with Crippen LogP contribution in [-0.4, -0.2) is 16.6 Å². The van der Waals surface area contributed by atoms with E-state index in [1.54, 1.807) is 13.0 Å². The Balaban J connectivity index is 1.91. The highest BCUT2D eigenvalue weighted by molar-refractivity contribution is 6.13. The van der Waals surface area contributed by atoms with E-state index < -0.39 is 11.7 Å². The first-order valence-electron chi connectivity index (χ1n) is 7.79. The maximum Gasteiger partial charge on any atom is 0.258 e. The fourth-order valence-electron chi connectivity index (χ4n) is 2.61. The number of nitrogen functional groups attached to an aromatic ring is 1. The Bertz CT molecular complexity index is 1060. The van der Waals surface area contributed by atoms with Gasteiger partial charge in [0.2, 0.25) is 0 Å². The van der Waals surface area contributed by atoms with Crippen LogP contribution in [0.25, 0.3) is 0 Å². The molecular formula is C19H14FN5O2. The maximum atomic E-state index is 14.2. The summed E-state index contributed by atoms with van der Waals surface area (Å²) in [5, 5.41) is 19.6. The first kappa shape index (κ1) is 17.8. The van der Waals surface area contributed by atoms with Crippen molar-refractivity contribution in [2.24, 2.45) is 0 Å². The van der Waals surface area contributed by atoms with E-state index in [1.165, 1.54) is 30.8 Å². The number of carbonyl (C=O) groups is 1. The monoisotopic (exact) mass is 363 g/mol. The van der Waals surface area contributed by atoms with E-state index >= 15 is 0 Å². The molecule has 3 rings (SSSR count). The molecule has 134 valence electrons. The third-order valence-corrected chi connectivity index (χ3v) is 3.90. The highest BCUT2D eigenvalue weighted by Gasteiger charge is 2.18. The number of aryl methyl sites for hydroxylation is 1. The van der Waals surface area contributed by atoms with Crippen molar-refractivity contribution in [2.45, 2.75) is 6.92 Å². The predicted molar refractivity (Wildman–Crippen MR) is 97.1 cm³/mol. The quantitative estimate of drug-likeness (QED) is 0.484. The Kier molecular flexibility index (Phi) is 4.68. The van der Waals surface area contributed by atoms with Gasteiger partial charge in [-0.1, -0.05) is 0 Å². The highest BCUT2D eigenvalue weighted by Crippen LogP contribution is 2.23. The fourth-order valence-corrected chi connectivity index (χ4v) is 2.61. The molecule has 0 spiro atoms. The van der Waals surface area contributed by atoms with Gasteiger partial charge in [-0.15, -0.1) is 0 Å². The van der Waals surface area contributed by atoms with E-state index in [0.29, 0.717) is 22.5 Å². The lowest BCUT2D eigenvalue weighted by molar-refractivity contribution is 0.102. The molecule has 0 fully saturated rings. The van der Waals surface area contributed by atoms with Gasteiger partial charge in [-0.25, -0.2) is 9.37 Å². The van der Waals surface area contributed by atoms with Crippen molar-refractivity contribution in [2.75, 3.05) is 11.1 Å². The third-order valence-electron chi connectivity index (χ3n) is 3.90. The number of hydrogen-bond acceptors (Lipinski definition) is 6. The molecular weight excluding hydrogens is 349 g/mol. The van der Waals surface area contributed by atoms with Gasteiger partial charge in [-0.2, -0.15) is 5.26 Å². The SMILES string of the molecule is Cc1cc(C#N)cc(F)c1C(=O)Nc1ccc(N)c(C(=N)c2cnco2)c1. The Labute approximate surface area is 153 Å². The van der Waals surface area contributed by atoms with Gasteiger partial charge < -0.3 is 15.5 Å². The summed E-state index contributed by atoms with van der Waals surface area (Å²) in [6, 6.07) is 8.85. The summed E-state index contributed by atoms with van der Waals surface area (Å²) in [5.41, 5.74) is 7.22. The van der Waals surface area contributed by atoms with Crippen LogP contribution < -0.4 is 11.1 Å². The van der Waals surface area contributed by atoms with E-state index in [0.717, 1.165) is 6.07 Å². The molecule has 3 aromatic rings. The van der Waals surface area contributed by atoms with Crippen LogP contribution in [0.4, 0.5) is 15.8 Å². The van der Waals surface area contributed by atoms with Crippen molar-refractivity contribution in [3.05, 3.63) is 76.8 Å². The molecule has 0 atom stereocenters. The molecule has 27 heavy (non-hydrogen) atoms. The molecule has 0 aliphatic heterocycles. The summed E-state index contributed by atoms with van der Waals surface area (Å²) in [7, 11) is 0. The van der Waals surface area contributed by atoms with Crippen molar-refractivity contribution >= 4 is 23.0 Å². The molecule has 0 bridgehead atoms. The summed E-state index contributed by atoms with van der Waals surface area (Å²) in [6.45, 7) is 1.55. The van der Waals surface area contributed by atoms with Crippen molar-refractivity contribution in [1.29, 1.82) is 10.7 Å². The van der Waals surface area contributed by atoms with Gasteiger partial charge in [-0.05, 0) is 42.8 Å². The number of nitrogens with two attached hydrogens (primary N) is 1. The molecule has 4 N–H and O–H groups in total. The Morgan fingerprint density at radius 2 is 2.15 bits per heavy atom. The topological polar surface area (TPSA) is 129 Å². The lowest BCUT2D eigenvalue weighted by Gasteiger charge is -2.12. The van der Waals surface area contributed by atoms with Crippen molar-refractivity contribution in [1.82, 2.24) is 4.98 Å². The third kappa shape index (κ3) is 3.52. The zero-order valence-corrected chi connectivity index (χ0v) is 14.2. The van der Waals surface area contributed by atoms with Crippen LogP contribution in [-0.2, 0) is 0 Å². The van der Waals surface area contributed by atoms with Crippen LogP contribution >= 0.6 is 0 Å². The first-order valence-corrected chi connectivity index (χ1v) is 7.79. The number of nitrogens with one attached hydrogen (secondary N) is 2. The number of aromatic nitrogens is 1. The number of nitrogens with zero attached hydrogens (tertiary/aromatic N) is 2. The summed E-state index contributed by atoms with van der Waals surface area (Å²) >= 11 is 0. The molecule has 7 nitrogen and oxygen atoms in total. The predicted octanol–water partition coefficient (Wildman–Crippen LogP) is 3.24. The number of carbonyl (C=O) groups excluding carboxylic acids is 1. The average Bonchev–Trinajstić information content (AvgIpc) is 3.16. The standard InChI is InChI=1S/C19H14FN5O2/c1-10-4-11(7-21)5-14(20)17(10)19(26)25-12-2-3-15(22)13(6-12)18(23)16-8-24-9-27-16/h2-6,8-9,23H,22H2,1H3,(H,25,26). The summed E-state index contributed by atoms with van der Waals surface area (Å²) < 4.78 is 19.3. The first-order chi connectivity index (χ1) is 12.9. The molecule has 0 unspecified atom stereocenters. The van der Waals surface area contributed by atoms with Gasteiger partial charge in [0.05, 0.1) is 23.4 Å². The van der Waals surface area contributed by atoms with Gasteiger partial charge in [0.15, 0.2) is 12.2 Å². The maximum absolute atomic E-state index is 14.2. The molecule has 0 aliphatic carbocycles. The number of oxazole rings is 1. The van der Waals surface area contributed by atoms with E-state index in [-0.39, 0.29) is 22.6 Å². The number of anilines is 2. The molecule has 1 aromatic heterocycles. The van der Waals surface area contributed by atoms with Crippen LogP contribution in [0.1, 0.15) is 32.8 Å². The smallest absolute Gasteiger partial charge is 0.258 e. The van der Waals surface area contributed by atoms with Crippen molar-refractivity contribution in [3.8, 4) is 6.07 Å². The molecule has 0 radical (unpaired) electrons. The minimum absolute atomic E-state index is 0.00170.